The molecule has 0 aliphatic carbocycles. The Kier molecular flexibility index (Phi) is 17.3. The highest BCUT2D eigenvalue weighted by atomic mass is 31.1. The molecule has 6 aromatic carbocycles. The molecule has 0 spiro atoms. The molecule has 444 valence electrons. The Balaban J connectivity index is 1.70. The SMILES string of the molecule is COc1c(C(C)(C)C)cc(P(c2cc(C(C)(C)C)c(OC)c(C(C)(C)C)c2)c2cccc3c2Oc2c(P(c4cc(C(C)(C)C)c(OC)c(C(C)(C)C)c4)c4cc(C(C)(C)C)c(OC)c(C(C)(C)C)c4)cccc2C3(C)C)cc1C(C)(C)C. The molecule has 0 bridgehead atoms. The molecular formula is C75H104O5P2. The lowest BCUT2D eigenvalue weighted by atomic mass is 9.76. The molecule has 0 amide bonds. The summed E-state index contributed by atoms with van der Waals surface area (Å²) in [6.45, 7) is 60.3. The third kappa shape index (κ3) is 12.3. The number of fused-ring (bicyclic) bond motifs is 2. The Hall–Kier alpha value is -4.82. The van der Waals surface area contributed by atoms with Crippen molar-refractivity contribution >= 4 is 47.7 Å². The third-order valence-corrected chi connectivity index (χ3v) is 21.4. The van der Waals surface area contributed by atoms with Crippen LogP contribution < -0.4 is 55.5 Å². The summed E-state index contributed by atoms with van der Waals surface area (Å²) in [5.74, 6) is 5.72. The quantitative estimate of drug-likeness (QED) is 0.128. The van der Waals surface area contributed by atoms with E-state index >= 15 is 0 Å². The third-order valence-electron chi connectivity index (χ3n) is 16.6. The Bertz CT molecular complexity index is 2840. The van der Waals surface area contributed by atoms with Crippen molar-refractivity contribution in [2.75, 3.05) is 28.4 Å². The zero-order chi connectivity index (χ0) is 61.8. The second-order valence-corrected chi connectivity index (χ2v) is 36.4. The Morgan fingerprint density at radius 3 is 0.646 bits per heavy atom. The maximum Gasteiger partial charge on any atom is 0.139 e. The van der Waals surface area contributed by atoms with Gasteiger partial charge in [-0.25, -0.2) is 0 Å². The van der Waals surface area contributed by atoms with Crippen LogP contribution in [0.25, 0.3) is 0 Å². The number of benzene rings is 6. The van der Waals surface area contributed by atoms with E-state index < -0.39 is 21.3 Å². The molecule has 0 radical (unpaired) electrons. The molecule has 0 fully saturated rings. The fourth-order valence-corrected chi connectivity index (χ4v) is 17.0. The van der Waals surface area contributed by atoms with E-state index in [4.69, 9.17) is 23.7 Å². The molecule has 0 atom stereocenters. The molecular weight excluding hydrogens is 1040 g/mol. The molecule has 0 saturated heterocycles. The largest absolute Gasteiger partial charge is 0.496 e. The van der Waals surface area contributed by atoms with Gasteiger partial charge in [0.2, 0.25) is 0 Å². The van der Waals surface area contributed by atoms with E-state index in [9.17, 15) is 0 Å². The van der Waals surface area contributed by atoms with E-state index in [1.807, 2.05) is 28.4 Å². The summed E-state index contributed by atoms with van der Waals surface area (Å²) in [5.41, 5.74) is 9.67. The van der Waals surface area contributed by atoms with Crippen molar-refractivity contribution in [3.05, 3.63) is 141 Å². The second kappa shape index (κ2) is 21.9. The van der Waals surface area contributed by atoms with Gasteiger partial charge in [-0.2, -0.15) is 0 Å². The van der Waals surface area contributed by atoms with Crippen LogP contribution in [0.4, 0.5) is 0 Å². The van der Waals surface area contributed by atoms with E-state index in [2.05, 4.69) is 265 Å². The molecule has 7 heteroatoms. The summed E-state index contributed by atoms with van der Waals surface area (Å²) in [7, 11) is 4.69. The highest BCUT2D eigenvalue weighted by Crippen LogP contribution is 2.55. The number of hydrogen-bond donors (Lipinski definition) is 0. The molecule has 0 saturated carbocycles. The zero-order valence-electron chi connectivity index (χ0n) is 56.5. The molecule has 5 nitrogen and oxygen atoms in total. The fraction of sp³-hybridized carbons (Fsp3) is 0.520. The summed E-state index contributed by atoms with van der Waals surface area (Å²) >= 11 is 0. The zero-order valence-corrected chi connectivity index (χ0v) is 58.3. The normalized spacial score (nSPS) is 14.4. The first-order valence-corrected chi connectivity index (χ1v) is 32.5. The maximum atomic E-state index is 8.12. The van der Waals surface area contributed by atoms with Crippen LogP contribution >= 0.6 is 15.8 Å². The van der Waals surface area contributed by atoms with E-state index in [0.29, 0.717) is 0 Å². The second-order valence-electron chi connectivity index (χ2n) is 32.0. The summed E-state index contributed by atoms with van der Waals surface area (Å²) in [5, 5.41) is 7.41. The van der Waals surface area contributed by atoms with Gasteiger partial charge < -0.3 is 23.7 Å². The number of ether oxygens (including phenoxy) is 5. The smallest absolute Gasteiger partial charge is 0.139 e. The minimum atomic E-state index is -1.33. The van der Waals surface area contributed by atoms with Gasteiger partial charge in [-0.15, -0.1) is 0 Å². The van der Waals surface area contributed by atoms with Crippen LogP contribution in [-0.4, -0.2) is 28.4 Å². The minimum Gasteiger partial charge on any atom is -0.496 e. The van der Waals surface area contributed by atoms with Crippen molar-refractivity contribution in [3.63, 3.8) is 0 Å². The van der Waals surface area contributed by atoms with Gasteiger partial charge in [0, 0.05) is 71.7 Å². The van der Waals surface area contributed by atoms with E-state index in [1.54, 1.807) is 0 Å². The van der Waals surface area contributed by atoms with Gasteiger partial charge in [0.1, 0.15) is 34.5 Å². The van der Waals surface area contributed by atoms with Crippen molar-refractivity contribution in [3.8, 4) is 34.5 Å². The van der Waals surface area contributed by atoms with Gasteiger partial charge in [0.15, 0.2) is 0 Å². The molecule has 0 unspecified atom stereocenters. The van der Waals surface area contributed by atoms with Crippen LogP contribution in [0.1, 0.15) is 236 Å². The van der Waals surface area contributed by atoms with Crippen LogP contribution in [0.15, 0.2) is 84.9 Å². The van der Waals surface area contributed by atoms with Crippen LogP contribution in [0, 0.1) is 0 Å². The van der Waals surface area contributed by atoms with Crippen LogP contribution in [0.2, 0.25) is 0 Å². The predicted molar refractivity (Wildman–Crippen MR) is 358 cm³/mol. The van der Waals surface area contributed by atoms with E-state index in [-0.39, 0.29) is 43.3 Å². The van der Waals surface area contributed by atoms with Crippen LogP contribution in [-0.2, 0) is 48.7 Å². The summed E-state index contributed by atoms with van der Waals surface area (Å²) in [6.07, 6.45) is 0. The summed E-state index contributed by atoms with van der Waals surface area (Å²) in [4.78, 5) is 0. The van der Waals surface area contributed by atoms with Crippen molar-refractivity contribution < 1.29 is 23.7 Å². The molecule has 6 aromatic rings. The highest BCUT2D eigenvalue weighted by Gasteiger charge is 2.43. The van der Waals surface area contributed by atoms with Gasteiger partial charge >= 0.3 is 0 Å². The highest BCUT2D eigenvalue weighted by molar-refractivity contribution is 7.80. The van der Waals surface area contributed by atoms with Gasteiger partial charge in [0.25, 0.3) is 0 Å². The molecule has 7 rings (SSSR count). The Labute approximate surface area is 501 Å². The molecule has 1 aliphatic heterocycles. The number of rotatable bonds is 10. The van der Waals surface area contributed by atoms with Crippen molar-refractivity contribution in [2.45, 2.75) is 229 Å². The molecule has 0 N–H and O–H groups in total. The lowest BCUT2D eigenvalue weighted by molar-refractivity contribution is 0.381. The maximum absolute atomic E-state index is 8.12. The Morgan fingerprint density at radius 1 is 0.305 bits per heavy atom. The van der Waals surface area contributed by atoms with E-state index in [0.717, 1.165) is 34.5 Å². The van der Waals surface area contributed by atoms with Gasteiger partial charge in [-0.1, -0.05) is 216 Å². The lowest BCUT2D eigenvalue weighted by Gasteiger charge is -2.39. The number of para-hydroxylation sites is 2. The molecule has 0 aromatic heterocycles. The standard InChI is InChI=1S/C75H104O5P2/c1-67(2,3)51-37-45(38-52(61(51)76-27)68(4,5)6)81(46-39-53(69(7,8)9)62(77-28)54(40-46)70(10,11)12)59-35-31-33-49-65(59)80-66-50(75(49,25)26)34-32-36-60(66)82(47-41-55(71(13,14)15)63(78-29)56(42-47)72(16,17)18)48-43-57(73(19,20)21)64(79-30)58(44-48)74(22,23)24/h31-44H,1-30H3. The minimum absolute atomic E-state index is 0.225. The lowest BCUT2D eigenvalue weighted by Crippen LogP contribution is -2.34. The van der Waals surface area contributed by atoms with Crippen LogP contribution in [0.3, 0.4) is 0 Å². The average molecular weight is 1150 g/mol. The summed E-state index contributed by atoms with van der Waals surface area (Å²) in [6, 6.07) is 33.7. The van der Waals surface area contributed by atoms with E-state index in [1.165, 1.54) is 87.5 Å². The van der Waals surface area contributed by atoms with Gasteiger partial charge in [0.05, 0.1) is 28.4 Å². The molecule has 82 heavy (non-hydrogen) atoms. The fourth-order valence-electron chi connectivity index (χ4n) is 12.0. The van der Waals surface area contributed by atoms with Crippen LogP contribution in [0.5, 0.6) is 34.5 Å². The molecule has 1 heterocycles. The molecule has 1 aliphatic rings. The Morgan fingerprint density at radius 2 is 0.488 bits per heavy atom. The van der Waals surface area contributed by atoms with Gasteiger partial charge in [-0.05, 0) is 129 Å². The van der Waals surface area contributed by atoms with Crippen molar-refractivity contribution in [2.24, 2.45) is 0 Å². The number of hydrogen-bond acceptors (Lipinski definition) is 5. The van der Waals surface area contributed by atoms with Crippen molar-refractivity contribution in [1.82, 2.24) is 0 Å². The topological polar surface area (TPSA) is 46.2 Å². The summed E-state index contributed by atoms with van der Waals surface area (Å²) < 4.78 is 34.0. The van der Waals surface area contributed by atoms with Gasteiger partial charge in [-0.3, -0.25) is 0 Å². The number of methoxy groups -OCH3 is 4. The first-order valence-electron chi connectivity index (χ1n) is 29.8. The first kappa shape index (κ1) is 64.7. The average Bonchev–Trinajstić information content (AvgIpc) is 3.44. The first-order chi connectivity index (χ1) is 37.3. The monoisotopic (exact) mass is 1150 g/mol. The predicted octanol–water partition coefficient (Wildman–Crippen LogP) is 18.0. The van der Waals surface area contributed by atoms with Crippen molar-refractivity contribution in [1.29, 1.82) is 0 Å².